The highest BCUT2D eigenvalue weighted by Gasteiger charge is 2.35. The molecule has 0 aliphatic heterocycles. The highest BCUT2D eigenvalue weighted by atomic mass is 31.4. The second-order valence-electron chi connectivity index (χ2n) is 3.60. The average Bonchev–Trinajstić information content (AvgIpc) is 1.61. The van der Waals surface area contributed by atoms with Gasteiger partial charge in [-0.15, -0.1) is 0 Å². The van der Waals surface area contributed by atoms with Gasteiger partial charge >= 0.3 is 0 Å². The van der Waals surface area contributed by atoms with Crippen molar-refractivity contribution in [3.63, 3.8) is 0 Å². The van der Waals surface area contributed by atoms with Crippen LogP contribution in [0.1, 0.15) is 13.3 Å². The molecular formula is C6H17O2PSi. The summed E-state index contributed by atoms with van der Waals surface area (Å²) in [6.45, 7) is 5.05. The molecule has 10 heavy (non-hydrogen) atoms. The summed E-state index contributed by atoms with van der Waals surface area (Å²) in [6, 6.07) is 0. The van der Waals surface area contributed by atoms with E-state index in [1.165, 1.54) is 0 Å². The predicted octanol–water partition coefficient (Wildman–Crippen LogP) is 2.50. The summed E-state index contributed by atoms with van der Waals surface area (Å²) < 4.78 is 11.5. The van der Waals surface area contributed by atoms with Crippen molar-refractivity contribution in [2.45, 2.75) is 33.0 Å². The highest BCUT2D eigenvalue weighted by molar-refractivity contribution is 7.95. The molecule has 0 amide bonds. The molecule has 0 saturated heterocycles. The summed E-state index contributed by atoms with van der Waals surface area (Å²) in [7, 11) is -1.79. The van der Waals surface area contributed by atoms with Gasteiger partial charge in [0, 0.05) is 6.16 Å². The standard InChI is InChI=1S/C6H17O2PSi/c1-5-6-9(7,8)10(2,3)4/h5-6H2,1-4H3,(H,7,8). The van der Waals surface area contributed by atoms with Crippen LogP contribution in [0, 0.1) is 0 Å². The van der Waals surface area contributed by atoms with Gasteiger partial charge in [0.2, 0.25) is 0 Å². The monoisotopic (exact) mass is 180 g/mol. The Morgan fingerprint density at radius 1 is 1.40 bits per heavy atom. The van der Waals surface area contributed by atoms with Crippen LogP contribution in [-0.4, -0.2) is 18.8 Å². The zero-order chi connectivity index (χ0) is 8.41. The Bertz CT molecular complexity index is 150. The van der Waals surface area contributed by atoms with Gasteiger partial charge < -0.3 is 4.89 Å². The van der Waals surface area contributed by atoms with E-state index in [1.807, 2.05) is 26.6 Å². The average molecular weight is 180 g/mol. The first-order valence-electron chi connectivity index (χ1n) is 3.63. The summed E-state index contributed by atoms with van der Waals surface area (Å²) in [6.07, 6.45) is 1.32. The summed E-state index contributed by atoms with van der Waals surface area (Å²) in [4.78, 5) is 9.47. The van der Waals surface area contributed by atoms with E-state index in [2.05, 4.69) is 0 Å². The molecular weight excluding hydrogens is 163 g/mol. The quantitative estimate of drug-likeness (QED) is 0.535. The number of hydrogen-bond donors (Lipinski definition) is 1. The van der Waals surface area contributed by atoms with Crippen LogP contribution < -0.4 is 0 Å². The Morgan fingerprint density at radius 3 is 1.90 bits per heavy atom. The molecule has 0 aromatic heterocycles. The van der Waals surface area contributed by atoms with E-state index in [9.17, 15) is 9.46 Å². The predicted molar refractivity (Wildman–Crippen MR) is 48.3 cm³/mol. The second kappa shape index (κ2) is 3.20. The SMILES string of the molecule is CCCP(=O)(O)[Si](C)(C)C. The van der Waals surface area contributed by atoms with Gasteiger partial charge in [-0.3, -0.25) is 4.57 Å². The molecule has 0 saturated carbocycles. The van der Waals surface area contributed by atoms with E-state index in [0.29, 0.717) is 6.16 Å². The van der Waals surface area contributed by atoms with Gasteiger partial charge in [0.1, 0.15) is 7.74 Å². The fourth-order valence-corrected chi connectivity index (χ4v) is 4.60. The highest BCUT2D eigenvalue weighted by Crippen LogP contribution is 2.51. The van der Waals surface area contributed by atoms with E-state index < -0.39 is 14.7 Å². The van der Waals surface area contributed by atoms with Gasteiger partial charge in [-0.25, -0.2) is 0 Å². The molecule has 1 N–H and O–H groups in total. The first kappa shape index (κ1) is 10.4. The lowest BCUT2D eigenvalue weighted by atomic mass is 10.6. The Morgan fingerprint density at radius 2 is 1.80 bits per heavy atom. The molecule has 0 radical (unpaired) electrons. The zero-order valence-corrected chi connectivity index (χ0v) is 9.11. The molecule has 1 unspecified atom stereocenters. The van der Waals surface area contributed by atoms with Crippen molar-refractivity contribution in [2.24, 2.45) is 0 Å². The maximum atomic E-state index is 11.5. The third-order valence-electron chi connectivity index (χ3n) is 1.57. The van der Waals surface area contributed by atoms with E-state index >= 15 is 0 Å². The lowest BCUT2D eigenvalue weighted by Crippen LogP contribution is -2.22. The van der Waals surface area contributed by atoms with Crippen molar-refractivity contribution >= 4 is 14.7 Å². The van der Waals surface area contributed by atoms with Crippen molar-refractivity contribution < 1.29 is 9.46 Å². The van der Waals surface area contributed by atoms with Crippen LogP contribution in [0.3, 0.4) is 0 Å². The first-order valence-corrected chi connectivity index (χ1v) is 9.82. The first-order chi connectivity index (χ1) is 4.31. The molecule has 0 fully saturated rings. The molecule has 0 aliphatic carbocycles. The van der Waals surface area contributed by atoms with Crippen molar-refractivity contribution in [3.8, 4) is 0 Å². The fourth-order valence-electron chi connectivity index (χ4n) is 0.639. The molecule has 1 atom stereocenters. The van der Waals surface area contributed by atoms with E-state index in [1.54, 1.807) is 0 Å². The van der Waals surface area contributed by atoms with Crippen molar-refractivity contribution in [1.82, 2.24) is 0 Å². The maximum Gasteiger partial charge on any atom is 0.175 e. The summed E-state index contributed by atoms with van der Waals surface area (Å²) >= 11 is 0. The molecule has 0 spiro atoms. The van der Waals surface area contributed by atoms with Gasteiger partial charge in [-0.2, -0.15) is 0 Å². The topological polar surface area (TPSA) is 37.3 Å². The smallest absolute Gasteiger partial charge is 0.175 e. The third kappa shape index (κ3) is 2.57. The van der Waals surface area contributed by atoms with Crippen LogP contribution in [0.25, 0.3) is 0 Å². The van der Waals surface area contributed by atoms with Crippen LogP contribution in [0.5, 0.6) is 0 Å². The molecule has 62 valence electrons. The molecule has 4 heteroatoms. The zero-order valence-electron chi connectivity index (χ0n) is 7.22. The maximum absolute atomic E-state index is 11.5. The molecule has 2 nitrogen and oxygen atoms in total. The largest absolute Gasteiger partial charge is 0.348 e. The number of rotatable bonds is 3. The minimum Gasteiger partial charge on any atom is -0.348 e. The minimum absolute atomic E-state index is 0.503. The Balaban J connectivity index is 4.26. The van der Waals surface area contributed by atoms with Gasteiger partial charge in [-0.1, -0.05) is 26.6 Å². The Hall–Kier alpha value is 0.407. The Labute approximate surface area is 64.0 Å². The lowest BCUT2D eigenvalue weighted by Gasteiger charge is -2.23. The van der Waals surface area contributed by atoms with Crippen LogP contribution in [-0.2, 0) is 4.57 Å². The van der Waals surface area contributed by atoms with Gasteiger partial charge in [0.25, 0.3) is 0 Å². The van der Waals surface area contributed by atoms with Crippen LogP contribution >= 0.6 is 6.92 Å². The van der Waals surface area contributed by atoms with Crippen molar-refractivity contribution in [3.05, 3.63) is 0 Å². The number of hydrogen-bond acceptors (Lipinski definition) is 1. The minimum atomic E-state index is -2.74. The van der Waals surface area contributed by atoms with Gasteiger partial charge in [-0.05, 0) is 6.42 Å². The van der Waals surface area contributed by atoms with E-state index in [-0.39, 0.29) is 0 Å². The second-order valence-corrected chi connectivity index (χ2v) is 15.9. The molecule has 0 rings (SSSR count). The van der Waals surface area contributed by atoms with Crippen molar-refractivity contribution in [2.75, 3.05) is 6.16 Å². The molecule has 0 heterocycles. The van der Waals surface area contributed by atoms with Crippen LogP contribution in [0.2, 0.25) is 19.6 Å². The van der Waals surface area contributed by atoms with Gasteiger partial charge in [0.15, 0.2) is 6.92 Å². The summed E-state index contributed by atoms with van der Waals surface area (Å²) in [5.74, 6) is 0. The molecule has 0 aromatic carbocycles. The fraction of sp³-hybridized carbons (Fsp3) is 1.00. The Kier molecular flexibility index (Phi) is 3.33. The third-order valence-corrected chi connectivity index (χ3v) is 11.7. The molecule has 0 bridgehead atoms. The summed E-state index contributed by atoms with van der Waals surface area (Å²) in [5.41, 5.74) is 0. The van der Waals surface area contributed by atoms with Gasteiger partial charge in [0.05, 0.1) is 0 Å². The van der Waals surface area contributed by atoms with E-state index in [0.717, 1.165) is 6.42 Å². The molecule has 0 aliphatic rings. The van der Waals surface area contributed by atoms with Crippen LogP contribution in [0.4, 0.5) is 0 Å². The normalized spacial score (nSPS) is 18.5. The lowest BCUT2D eigenvalue weighted by molar-refractivity contribution is 0.492. The molecule has 0 aromatic rings. The van der Waals surface area contributed by atoms with E-state index in [4.69, 9.17) is 0 Å². The summed E-state index contributed by atoms with van der Waals surface area (Å²) in [5, 5.41) is 0. The van der Waals surface area contributed by atoms with Crippen molar-refractivity contribution in [1.29, 1.82) is 0 Å². The van der Waals surface area contributed by atoms with Crippen LogP contribution in [0.15, 0.2) is 0 Å².